The minimum atomic E-state index is -5.41. The predicted molar refractivity (Wildman–Crippen MR) is 192 cm³/mol. The normalized spacial score (nSPS) is 14.3. The lowest BCUT2D eigenvalue weighted by molar-refractivity contribution is -0.137. The lowest BCUT2D eigenvalue weighted by Gasteiger charge is -2.32. The summed E-state index contributed by atoms with van der Waals surface area (Å²) in [6.07, 6.45) is 2.24. The molecule has 5 rings (SSSR count). The first-order valence-corrected chi connectivity index (χ1v) is 18.6. The van der Waals surface area contributed by atoms with Crippen molar-refractivity contribution >= 4 is 55.8 Å². The Kier molecular flexibility index (Phi) is 13.8. The maximum absolute atomic E-state index is 13.2. The smallest absolute Gasteiger partial charge is 0.481 e. The second-order valence-corrected chi connectivity index (χ2v) is 14.4. The van der Waals surface area contributed by atoms with Gasteiger partial charge < -0.3 is 15.2 Å². The van der Waals surface area contributed by atoms with Crippen molar-refractivity contribution in [3.05, 3.63) is 99.5 Å². The molecule has 0 aliphatic carbocycles. The number of anilines is 1. The van der Waals surface area contributed by atoms with E-state index in [1.807, 2.05) is 80.6 Å². The van der Waals surface area contributed by atoms with Gasteiger partial charge in [0.15, 0.2) is 0 Å². The zero-order valence-corrected chi connectivity index (χ0v) is 30.0. The first-order valence-electron chi connectivity index (χ1n) is 16.4. The third kappa shape index (κ3) is 10.0. The number of pyridine rings is 1. The van der Waals surface area contributed by atoms with Gasteiger partial charge in [-0.05, 0) is 85.2 Å². The van der Waals surface area contributed by atoms with Crippen molar-refractivity contribution in [2.24, 2.45) is 0 Å². The monoisotopic (exact) mass is 753 g/mol. The summed E-state index contributed by atoms with van der Waals surface area (Å²) >= 11 is 12.4. The number of carboxylic acids is 1. The molecule has 1 fully saturated rings. The molecule has 1 aliphatic rings. The summed E-state index contributed by atoms with van der Waals surface area (Å²) in [5.41, 5.74) is -1.17. The van der Waals surface area contributed by atoms with Gasteiger partial charge in [0.05, 0.1) is 12.1 Å². The lowest BCUT2D eigenvalue weighted by Crippen LogP contribution is -2.47. The maximum Gasteiger partial charge on any atom is 0.511 e. The van der Waals surface area contributed by atoms with E-state index in [9.17, 15) is 26.4 Å². The number of carboxylic acid groups (broad SMARTS) is 1. The number of sulfonamides is 1. The summed E-state index contributed by atoms with van der Waals surface area (Å²) in [6.45, 7) is 3.77. The van der Waals surface area contributed by atoms with Gasteiger partial charge in [0.1, 0.15) is 0 Å². The Morgan fingerprint density at radius 1 is 0.920 bits per heavy atom. The van der Waals surface area contributed by atoms with Crippen molar-refractivity contribution in [1.29, 1.82) is 0 Å². The van der Waals surface area contributed by atoms with Gasteiger partial charge in [-0.25, -0.2) is 13.4 Å². The van der Waals surface area contributed by atoms with Crippen molar-refractivity contribution in [3.8, 4) is 5.88 Å². The lowest BCUT2D eigenvalue weighted by atomic mass is 9.84. The number of fused-ring (bicyclic) bond motifs is 1. The van der Waals surface area contributed by atoms with E-state index in [1.165, 1.54) is 0 Å². The first kappa shape index (κ1) is 39.2. The number of carbonyl (C=O) groups is 1. The average Bonchev–Trinajstić information content (AvgIpc) is 3.09. The highest BCUT2D eigenvalue weighted by molar-refractivity contribution is 7.90. The number of piperidine rings is 1. The molecular formula is C36H40Cl2F3N3O5S. The van der Waals surface area contributed by atoms with Crippen molar-refractivity contribution < 1.29 is 36.2 Å². The maximum atomic E-state index is 13.2. The summed E-state index contributed by atoms with van der Waals surface area (Å²) < 4.78 is 69.9. The summed E-state index contributed by atoms with van der Waals surface area (Å²) in [6, 6.07) is 22.4. The number of aromatic nitrogens is 1. The van der Waals surface area contributed by atoms with Crippen LogP contribution in [0.4, 0.5) is 18.9 Å². The highest BCUT2D eigenvalue weighted by atomic mass is 35.5. The van der Waals surface area contributed by atoms with E-state index in [2.05, 4.69) is 5.32 Å². The molecule has 270 valence electrons. The molecule has 0 amide bonds. The Labute approximate surface area is 300 Å². The Balaban J connectivity index is 0.00000276. The van der Waals surface area contributed by atoms with Gasteiger partial charge in [0.25, 0.3) is 0 Å². The molecule has 0 radical (unpaired) electrons. The topological polar surface area (TPSA) is 109 Å². The number of halogens is 5. The van der Waals surface area contributed by atoms with E-state index in [0.717, 1.165) is 22.1 Å². The molecule has 1 aliphatic heterocycles. The zero-order valence-electron chi connectivity index (χ0n) is 27.7. The van der Waals surface area contributed by atoms with Crippen molar-refractivity contribution in [2.45, 2.75) is 69.8 Å². The first-order chi connectivity index (χ1) is 23.8. The van der Waals surface area contributed by atoms with Crippen LogP contribution in [0.25, 0.3) is 10.9 Å². The van der Waals surface area contributed by atoms with Crippen LogP contribution in [-0.2, 0) is 14.8 Å². The highest BCUT2D eigenvalue weighted by Gasteiger charge is 2.50. The Hall–Kier alpha value is -3.58. The second-order valence-electron chi connectivity index (χ2n) is 11.6. The number of rotatable bonds is 13. The molecule has 0 saturated carbocycles. The molecule has 0 bridgehead atoms. The van der Waals surface area contributed by atoms with Crippen LogP contribution in [0, 0.1) is 0 Å². The van der Waals surface area contributed by atoms with Gasteiger partial charge in [-0.1, -0.05) is 67.4 Å². The fourth-order valence-corrected chi connectivity index (χ4v) is 7.05. The Morgan fingerprint density at radius 3 is 2.02 bits per heavy atom. The Morgan fingerprint density at radius 2 is 1.48 bits per heavy atom. The van der Waals surface area contributed by atoms with Crippen LogP contribution in [0.2, 0.25) is 10.0 Å². The van der Waals surface area contributed by atoms with Gasteiger partial charge in [-0.2, -0.15) is 17.5 Å². The average molecular weight is 755 g/mol. The minimum Gasteiger partial charge on any atom is -0.481 e. The van der Waals surface area contributed by atoms with Crippen LogP contribution in [0.15, 0.2) is 72.8 Å². The molecule has 1 aromatic heterocycles. The number of ether oxygens (including phenoxy) is 1. The largest absolute Gasteiger partial charge is 0.511 e. The molecule has 2 N–H and O–H groups in total. The fraction of sp³-hybridized carbons (Fsp3) is 0.389. The van der Waals surface area contributed by atoms with Crippen LogP contribution in [0.1, 0.15) is 75.0 Å². The third-order valence-corrected chi connectivity index (χ3v) is 10.4. The molecule has 14 heteroatoms. The molecule has 8 nitrogen and oxygen atoms in total. The zero-order chi connectivity index (χ0) is 36.5. The number of benzene rings is 3. The quantitative estimate of drug-likeness (QED) is 0.103. The second kappa shape index (κ2) is 17.6. The number of nitrogens with zero attached hydrogens (tertiary/aromatic N) is 2. The van der Waals surface area contributed by atoms with Gasteiger partial charge in [0.2, 0.25) is 5.88 Å². The van der Waals surface area contributed by atoms with E-state index in [1.54, 1.807) is 6.07 Å². The van der Waals surface area contributed by atoms with Crippen LogP contribution < -0.4 is 10.1 Å². The van der Waals surface area contributed by atoms with Crippen molar-refractivity contribution in [2.75, 3.05) is 25.0 Å². The summed E-state index contributed by atoms with van der Waals surface area (Å²) in [7, 11) is -5.41. The third-order valence-electron chi connectivity index (χ3n) is 8.28. The predicted octanol–water partition coefficient (Wildman–Crippen LogP) is 9.50. The highest BCUT2D eigenvalue weighted by Crippen LogP contribution is 2.38. The van der Waals surface area contributed by atoms with E-state index in [-0.39, 0.29) is 44.3 Å². The molecule has 0 spiro atoms. The van der Waals surface area contributed by atoms with E-state index >= 15 is 0 Å². The fourth-order valence-electron chi connectivity index (χ4n) is 5.82. The van der Waals surface area contributed by atoms with Crippen LogP contribution in [0.3, 0.4) is 0 Å². The molecule has 2 heterocycles. The SMILES string of the molecule is CC.O=C(O)CCCCCOc1cc(NC2CCN(S(=O)(=O)C(F)(F)F)CC2)c2cc(C(c3ccc(Cl)cc3)c3ccc(Cl)cc3)ccc2n1. The van der Waals surface area contributed by atoms with Crippen LogP contribution >= 0.6 is 23.2 Å². The molecule has 3 aromatic carbocycles. The minimum absolute atomic E-state index is 0.0841. The van der Waals surface area contributed by atoms with E-state index in [0.29, 0.717) is 57.3 Å². The number of nitrogens with one attached hydrogen (secondary N) is 1. The van der Waals surface area contributed by atoms with E-state index in [4.69, 9.17) is 38.0 Å². The molecule has 50 heavy (non-hydrogen) atoms. The standard InChI is InChI=1S/C34H34Cl2F3N3O5S.C2H6/c35-25-10-5-22(6-11-25)33(23-7-12-26(36)13-8-23)24-9-14-29-28(20-24)30(21-31(41-29)47-19-3-1-2-4-32(43)44)40-27-15-17-42(18-16-27)48(45,46)34(37,38)39;1-2/h5-14,20-21,27,33H,1-4,15-19H2,(H,40,41)(H,43,44);1-2H3. The number of unbranched alkanes of at least 4 members (excludes halogenated alkanes) is 2. The molecule has 4 aromatic rings. The molecule has 1 saturated heterocycles. The summed E-state index contributed by atoms with van der Waals surface area (Å²) in [4.78, 5) is 15.5. The summed E-state index contributed by atoms with van der Waals surface area (Å²) in [5.74, 6) is -0.715. The van der Waals surface area contributed by atoms with Crippen molar-refractivity contribution in [3.63, 3.8) is 0 Å². The summed E-state index contributed by atoms with van der Waals surface area (Å²) in [5, 5.41) is 14.3. The number of hydrogen-bond acceptors (Lipinski definition) is 6. The van der Waals surface area contributed by atoms with Crippen molar-refractivity contribution in [1.82, 2.24) is 9.29 Å². The van der Waals surface area contributed by atoms with E-state index < -0.39 is 21.5 Å². The van der Waals surface area contributed by atoms with Gasteiger partial charge in [0, 0.05) is 58.7 Å². The Bertz CT molecular complexity index is 1790. The van der Waals surface area contributed by atoms with Gasteiger partial charge in [-0.3, -0.25) is 4.79 Å². The van der Waals surface area contributed by atoms with Crippen LogP contribution in [0.5, 0.6) is 5.88 Å². The van der Waals surface area contributed by atoms with Crippen LogP contribution in [-0.4, -0.2) is 60.0 Å². The number of alkyl halides is 3. The van der Waals surface area contributed by atoms with Gasteiger partial charge in [-0.15, -0.1) is 0 Å². The number of hydrogen-bond donors (Lipinski definition) is 2. The molecule has 0 atom stereocenters. The number of aliphatic carboxylic acids is 1. The molecular weight excluding hydrogens is 714 g/mol. The van der Waals surface area contributed by atoms with Gasteiger partial charge >= 0.3 is 21.5 Å². The molecule has 0 unspecified atom stereocenters.